The highest BCUT2D eigenvalue weighted by Gasteiger charge is 2.34. The Balaban J connectivity index is 0.00000392. The van der Waals surface area contributed by atoms with Crippen LogP contribution < -0.4 is 11.1 Å². The number of carbonyl (C=O) groups excluding carboxylic acids is 2. The number of halogens is 1. The van der Waals surface area contributed by atoms with Crippen LogP contribution in [0.2, 0.25) is 0 Å². The van der Waals surface area contributed by atoms with Crippen molar-refractivity contribution in [2.75, 3.05) is 26.7 Å². The van der Waals surface area contributed by atoms with Crippen LogP contribution in [-0.2, 0) is 11.3 Å². The molecule has 1 saturated heterocycles. The van der Waals surface area contributed by atoms with Crippen molar-refractivity contribution in [3.63, 3.8) is 0 Å². The van der Waals surface area contributed by atoms with Gasteiger partial charge in [0.25, 0.3) is 0 Å². The Labute approximate surface area is 175 Å². The fourth-order valence-corrected chi connectivity index (χ4v) is 3.31. The zero-order valence-corrected chi connectivity index (χ0v) is 18.3. The quantitative estimate of drug-likeness (QED) is 0.756. The van der Waals surface area contributed by atoms with Gasteiger partial charge < -0.3 is 20.9 Å². The predicted octanol–water partition coefficient (Wildman–Crippen LogP) is 2.86. The van der Waals surface area contributed by atoms with E-state index in [1.807, 2.05) is 49.2 Å². The van der Waals surface area contributed by atoms with E-state index in [4.69, 9.17) is 5.73 Å². The SMILES string of the molecule is CC(C)C(C)(CN)NC(=O)C1CCN(C(=O)N(C)Cc2ccccc2)CC1.Cl. The first-order valence-corrected chi connectivity index (χ1v) is 9.83. The average Bonchev–Trinajstić information content (AvgIpc) is 2.68. The zero-order valence-electron chi connectivity index (χ0n) is 17.5. The first-order chi connectivity index (χ1) is 12.8. The van der Waals surface area contributed by atoms with Gasteiger partial charge in [-0.1, -0.05) is 44.2 Å². The third-order valence-corrected chi connectivity index (χ3v) is 5.83. The second kappa shape index (κ2) is 10.7. The van der Waals surface area contributed by atoms with Gasteiger partial charge in [0.1, 0.15) is 0 Å². The molecule has 1 heterocycles. The van der Waals surface area contributed by atoms with Crippen molar-refractivity contribution in [2.45, 2.75) is 45.7 Å². The van der Waals surface area contributed by atoms with Crippen molar-refractivity contribution < 1.29 is 9.59 Å². The molecule has 0 aromatic heterocycles. The van der Waals surface area contributed by atoms with Crippen LogP contribution in [0.3, 0.4) is 0 Å². The second-order valence-corrected chi connectivity index (χ2v) is 8.15. The number of piperidine rings is 1. The van der Waals surface area contributed by atoms with E-state index in [0.717, 1.165) is 5.56 Å². The van der Waals surface area contributed by atoms with E-state index < -0.39 is 0 Å². The molecule has 0 bridgehead atoms. The minimum atomic E-state index is -0.389. The van der Waals surface area contributed by atoms with Gasteiger partial charge in [-0.3, -0.25) is 4.79 Å². The molecule has 3 amide bonds. The smallest absolute Gasteiger partial charge is 0.320 e. The Morgan fingerprint density at radius 3 is 2.32 bits per heavy atom. The van der Waals surface area contributed by atoms with Crippen LogP contribution in [0.25, 0.3) is 0 Å². The normalized spacial score (nSPS) is 16.9. The number of carbonyl (C=O) groups is 2. The number of amides is 3. The van der Waals surface area contributed by atoms with Crippen molar-refractivity contribution in [1.82, 2.24) is 15.1 Å². The fourth-order valence-electron chi connectivity index (χ4n) is 3.31. The Kier molecular flexibility index (Phi) is 9.24. The summed E-state index contributed by atoms with van der Waals surface area (Å²) in [5, 5.41) is 3.13. The topological polar surface area (TPSA) is 78.7 Å². The maximum atomic E-state index is 12.7. The number of nitrogens with zero attached hydrogens (tertiary/aromatic N) is 2. The van der Waals surface area contributed by atoms with Crippen LogP contribution in [0.4, 0.5) is 4.79 Å². The Hall–Kier alpha value is -1.79. The van der Waals surface area contributed by atoms with Gasteiger partial charge in [-0.25, -0.2) is 4.79 Å². The molecule has 1 aromatic carbocycles. The van der Waals surface area contributed by atoms with Crippen molar-refractivity contribution in [2.24, 2.45) is 17.6 Å². The number of likely N-dealkylation sites (tertiary alicyclic amines) is 1. The summed E-state index contributed by atoms with van der Waals surface area (Å²) < 4.78 is 0. The third kappa shape index (κ3) is 6.11. The number of nitrogens with one attached hydrogen (secondary N) is 1. The maximum Gasteiger partial charge on any atom is 0.320 e. The molecule has 2 rings (SSSR count). The first kappa shape index (κ1) is 24.2. The zero-order chi connectivity index (χ0) is 20.0. The molecular formula is C21H35ClN4O2. The average molecular weight is 411 g/mol. The molecule has 1 aliphatic heterocycles. The Morgan fingerprint density at radius 1 is 1.25 bits per heavy atom. The Morgan fingerprint density at radius 2 is 1.82 bits per heavy atom. The van der Waals surface area contributed by atoms with E-state index in [1.165, 1.54) is 0 Å². The number of nitrogens with two attached hydrogens (primary N) is 1. The van der Waals surface area contributed by atoms with E-state index >= 15 is 0 Å². The van der Waals surface area contributed by atoms with Gasteiger partial charge in [0, 0.05) is 39.1 Å². The van der Waals surface area contributed by atoms with Crippen LogP contribution in [0, 0.1) is 11.8 Å². The largest absolute Gasteiger partial charge is 0.349 e. The molecule has 1 fully saturated rings. The molecule has 158 valence electrons. The van der Waals surface area contributed by atoms with Crippen molar-refractivity contribution in [3.8, 4) is 0 Å². The van der Waals surface area contributed by atoms with Gasteiger partial charge >= 0.3 is 6.03 Å². The van der Waals surface area contributed by atoms with Crippen LogP contribution >= 0.6 is 12.4 Å². The van der Waals surface area contributed by atoms with E-state index in [9.17, 15) is 9.59 Å². The number of hydrogen-bond acceptors (Lipinski definition) is 3. The van der Waals surface area contributed by atoms with Gasteiger partial charge in [-0.2, -0.15) is 0 Å². The maximum absolute atomic E-state index is 12.7. The lowest BCUT2D eigenvalue weighted by molar-refractivity contribution is -0.128. The number of urea groups is 1. The summed E-state index contributed by atoms with van der Waals surface area (Å²) in [5.41, 5.74) is 6.59. The third-order valence-electron chi connectivity index (χ3n) is 5.83. The molecular weight excluding hydrogens is 376 g/mol. The monoisotopic (exact) mass is 410 g/mol. The highest BCUT2D eigenvalue weighted by Crippen LogP contribution is 2.22. The molecule has 1 atom stereocenters. The number of benzene rings is 1. The van der Waals surface area contributed by atoms with Gasteiger partial charge in [0.05, 0.1) is 5.54 Å². The van der Waals surface area contributed by atoms with Crippen molar-refractivity contribution >= 4 is 24.3 Å². The van der Waals surface area contributed by atoms with Gasteiger partial charge in [-0.15, -0.1) is 12.4 Å². The van der Waals surface area contributed by atoms with E-state index in [-0.39, 0.29) is 41.7 Å². The first-order valence-electron chi connectivity index (χ1n) is 9.83. The summed E-state index contributed by atoms with van der Waals surface area (Å²) in [6, 6.07) is 9.98. The number of hydrogen-bond donors (Lipinski definition) is 2. The second-order valence-electron chi connectivity index (χ2n) is 8.15. The molecule has 1 unspecified atom stereocenters. The fraction of sp³-hybridized carbons (Fsp3) is 0.619. The van der Waals surface area contributed by atoms with Crippen LogP contribution in [-0.4, -0.2) is 54.0 Å². The van der Waals surface area contributed by atoms with Crippen molar-refractivity contribution in [1.29, 1.82) is 0 Å². The highest BCUT2D eigenvalue weighted by molar-refractivity contribution is 5.85. The summed E-state index contributed by atoms with van der Waals surface area (Å²) in [5.74, 6) is 0.263. The summed E-state index contributed by atoms with van der Waals surface area (Å²) >= 11 is 0. The molecule has 1 aliphatic rings. The van der Waals surface area contributed by atoms with Gasteiger partial charge in [0.2, 0.25) is 5.91 Å². The number of rotatable bonds is 6. The minimum Gasteiger partial charge on any atom is -0.349 e. The summed E-state index contributed by atoms with van der Waals surface area (Å²) in [7, 11) is 1.82. The van der Waals surface area contributed by atoms with Gasteiger partial charge in [0.15, 0.2) is 0 Å². The van der Waals surface area contributed by atoms with Gasteiger partial charge in [-0.05, 0) is 31.2 Å². The lowest BCUT2D eigenvalue weighted by atomic mass is 9.86. The Bertz CT molecular complexity index is 633. The summed E-state index contributed by atoms with van der Waals surface area (Å²) in [6.07, 6.45) is 1.38. The molecule has 28 heavy (non-hydrogen) atoms. The molecule has 3 N–H and O–H groups in total. The summed E-state index contributed by atoms with van der Waals surface area (Å²) in [6.45, 7) is 8.34. The summed E-state index contributed by atoms with van der Waals surface area (Å²) in [4.78, 5) is 28.9. The minimum absolute atomic E-state index is 0. The lowest BCUT2D eigenvalue weighted by Gasteiger charge is -2.38. The van der Waals surface area contributed by atoms with E-state index in [0.29, 0.717) is 39.0 Å². The van der Waals surface area contributed by atoms with Crippen LogP contribution in [0.1, 0.15) is 39.2 Å². The predicted molar refractivity (Wildman–Crippen MR) is 115 cm³/mol. The van der Waals surface area contributed by atoms with Crippen LogP contribution in [0.5, 0.6) is 0 Å². The van der Waals surface area contributed by atoms with Crippen molar-refractivity contribution in [3.05, 3.63) is 35.9 Å². The standard InChI is InChI=1S/C21H34N4O2.ClH/c1-16(2)21(3,15-22)23-19(26)18-10-12-25(13-11-18)20(27)24(4)14-17-8-6-5-7-9-17;/h5-9,16,18H,10-15,22H2,1-4H3,(H,23,26);1H. The molecule has 0 aliphatic carbocycles. The molecule has 7 heteroatoms. The lowest BCUT2D eigenvalue weighted by Crippen LogP contribution is -2.57. The van der Waals surface area contributed by atoms with E-state index in [2.05, 4.69) is 19.2 Å². The highest BCUT2D eigenvalue weighted by atomic mass is 35.5. The van der Waals surface area contributed by atoms with E-state index in [1.54, 1.807) is 4.90 Å². The molecule has 0 spiro atoms. The van der Waals surface area contributed by atoms with Crippen LogP contribution in [0.15, 0.2) is 30.3 Å². The molecule has 0 saturated carbocycles. The molecule has 0 radical (unpaired) electrons. The molecule has 6 nitrogen and oxygen atoms in total. The molecule has 1 aromatic rings.